The van der Waals surface area contributed by atoms with Crippen molar-refractivity contribution in [2.45, 2.75) is 25.3 Å². The molecule has 0 unspecified atom stereocenters. The summed E-state index contributed by atoms with van der Waals surface area (Å²) in [6.07, 6.45) is 3.19. The summed E-state index contributed by atoms with van der Waals surface area (Å²) in [5.41, 5.74) is 0.549. The zero-order valence-electron chi connectivity index (χ0n) is 8.77. The maximum atomic E-state index is 11.7. The first-order valence-electron chi connectivity index (χ1n) is 5.31. The van der Waals surface area contributed by atoms with Crippen molar-refractivity contribution in [3.63, 3.8) is 0 Å². The molecule has 0 aromatic heterocycles. The average Bonchev–Trinajstić information content (AvgIpc) is 2.23. The fraction of sp³-hybridized carbons (Fsp3) is 0.333. The van der Waals surface area contributed by atoms with Gasteiger partial charge in [-0.3, -0.25) is 4.79 Å². The quantitative estimate of drug-likeness (QED) is 0.812. The van der Waals surface area contributed by atoms with Crippen molar-refractivity contribution >= 4 is 11.9 Å². The Labute approximate surface area is 93.3 Å². The van der Waals surface area contributed by atoms with Gasteiger partial charge in [-0.05, 0) is 37.5 Å². The first-order valence-corrected chi connectivity index (χ1v) is 5.31. The lowest BCUT2D eigenvalue weighted by Crippen LogP contribution is -2.39. The molecular formula is C12H13NO3. The highest BCUT2D eigenvalue weighted by Gasteiger charge is 2.20. The Bertz CT molecular complexity index is 424. The number of carboxylic acids is 1. The Kier molecular flexibility index (Phi) is 2.90. The van der Waals surface area contributed by atoms with Gasteiger partial charge in [0.25, 0.3) is 5.91 Å². The van der Waals surface area contributed by atoms with Crippen LogP contribution in [0, 0.1) is 0 Å². The molecule has 1 aromatic rings. The summed E-state index contributed by atoms with van der Waals surface area (Å²) in [7, 11) is 0. The minimum Gasteiger partial charge on any atom is -0.478 e. The van der Waals surface area contributed by atoms with Crippen LogP contribution in [0.2, 0.25) is 0 Å². The fourth-order valence-electron chi connectivity index (χ4n) is 1.61. The summed E-state index contributed by atoms with van der Waals surface area (Å²) in [5, 5.41) is 11.7. The Balaban J connectivity index is 2.09. The Morgan fingerprint density at radius 1 is 1.25 bits per heavy atom. The van der Waals surface area contributed by atoms with Gasteiger partial charge in [-0.1, -0.05) is 6.07 Å². The van der Waals surface area contributed by atoms with E-state index < -0.39 is 5.97 Å². The molecule has 1 aromatic carbocycles. The number of benzene rings is 1. The van der Waals surface area contributed by atoms with Crippen LogP contribution < -0.4 is 5.32 Å². The Morgan fingerprint density at radius 3 is 2.50 bits per heavy atom. The van der Waals surface area contributed by atoms with Crippen molar-refractivity contribution in [3.05, 3.63) is 35.4 Å². The van der Waals surface area contributed by atoms with Crippen LogP contribution in [-0.2, 0) is 0 Å². The predicted molar refractivity (Wildman–Crippen MR) is 58.5 cm³/mol. The zero-order valence-corrected chi connectivity index (χ0v) is 8.77. The fourth-order valence-corrected chi connectivity index (χ4v) is 1.61. The van der Waals surface area contributed by atoms with Crippen molar-refractivity contribution in [3.8, 4) is 0 Å². The van der Waals surface area contributed by atoms with E-state index in [1.54, 1.807) is 12.1 Å². The maximum Gasteiger partial charge on any atom is 0.335 e. The number of carboxylic acid groups (broad SMARTS) is 1. The normalized spacial score (nSPS) is 15.2. The number of hydrogen-bond donors (Lipinski definition) is 2. The molecule has 0 heterocycles. The van der Waals surface area contributed by atoms with E-state index in [1.165, 1.54) is 12.1 Å². The Hall–Kier alpha value is -1.84. The molecule has 84 valence electrons. The average molecular weight is 219 g/mol. The summed E-state index contributed by atoms with van der Waals surface area (Å²) < 4.78 is 0. The smallest absolute Gasteiger partial charge is 0.335 e. The lowest BCUT2D eigenvalue weighted by Gasteiger charge is -2.26. The number of carbonyl (C=O) groups is 2. The number of aromatic carboxylic acids is 1. The number of rotatable bonds is 3. The highest BCUT2D eigenvalue weighted by Crippen LogP contribution is 2.18. The predicted octanol–water partition coefficient (Wildman–Crippen LogP) is 1.67. The van der Waals surface area contributed by atoms with Crippen LogP contribution in [0.5, 0.6) is 0 Å². The van der Waals surface area contributed by atoms with Crippen molar-refractivity contribution in [1.82, 2.24) is 5.32 Å². The number of nitrogens with one attached hydrogen (secondary N) is 1. The third kappa shape index (κ3) is 2.21. The van der Waals surface area contributed by atoms with Crippen molar-refractivity contribution < 1.29 is 14.7 Å². The van der Waals surface area contributed by atoms with E-state index in [9.17, 15) is 9.59 Å². The second-order valence-corrected chi connectivity index (χ2v) is 3.99. The van der Waals surface area contributed by atoms with Crippen LogP contribution in [0.15, 0.2) is 24.3 Å². The third-order valence-electron chi connectivity index (χ3n) is 2.81. The highest BCUT2D eigenvalue weighted by molar-refractivity contribution is 5.97. The summed E-state index contributed by atoms with van der Waals surface area (Å²) in [4.78, 5) is 22.5. The van der Waals surface area contributed by atoms with Gasteiger partial charge in [0.05, 0.1) is 5.56 Å². The van der Waals surface area contributed by atoms with Crippen LogP contribution >= 0.6 is 0 Å². The van der Waals surface area contributed by atoms with Gasteiger partial charge in [-0.25, -0.2) is 4.79 Å². The van der Waals surface area contributed by atoms with Gasteiger partial charge in [-0.2, -0.15) is 0 Å². The second kappa shape index (κ2) is 4.35. The molecule has 1 aliphatic carbocycles. The highest BCUT2D eigenvalue weighted by atomic mass is 16.4. The van der Waals surface area contributed by atoms with E-state index in [-0.39, 0.29) is 17.5 Å². The molecule has 0 atom stereocenters. The Morgan fingerprint density at radius 2 is 1.94 bits per heavy atom. The number of hydrogen-bond acceptors (Lipinski definition) is 2. The van der Waals surface area contributed by atoms with Gasteiger partial charge in [0.1, 0.15) is 0 Å². The van der Waals surface area contributed by atoms with Crippen molar-refractivity contribution in [2.24, 2.45) is 0 Å². The van der Waals surface area contributed by atoms with Crippen LogP contribution in [0.4, 0.5) is 0 Å². The lowest BCUT2D eigenvalue weighted by molar-refractivity contribution is 0.0697. The molecule has 1 fully saturated rings. The molecule has 0 radical (unpaired) electrons. The zero-order chi connectivity index (χ0) is 11.5. The molecule has 2 rings (SSSR count). The SMILES string of the molecule is O=C(O)c1cccc(C(=O)NC2CCC2)c1. The van der Waals surface area contributed by atoms with E-state index in [1.807, 2.05) is 0 Å². The summed E-state index contributed by atoms with van der Waals surface area (Å²) in [6, 6.07) is 6.35. The van der Waals surface area contributed by atoms with E-state index >= 15 is 0 Å². The van der Waals surface area contributed by atoms with E-state index in [0.29, 0.717) is 5.56 Å². The molecule has 4 nitrogen and oxygen atoms in total. The standard InChI is InChI=1S/C12H13NO3/c14-11(13-10-5-2-6-10)8-3-1-4-9(7-8)12(15)16/h1,3-4,7,10H,2,5-6H2,(H,13,14)(H,15,16). The number of amides is 1. The molecule has 0 spiro atoms. The third-order valence-corrected chi connectivity index (χ3v) is 2.81. The molecule has 0 aliphatic heterocycles. The van der Waals surface area contributed by atoms with Crippen LogP contribution in [0.25, 0.3) is 0 Å². The van der Waals surface area contributed by atoms with Crippen molar-refractivity contribution in [1.29, 1.82) is 0 Å². The summed E-state index contributed by atoms with van der Waals surface area (Å²) in [5.74, 6) is -1.20. The molecule has 4 heteroatoms. The summed E-state index contributed by atoms with van der Waals surface area (Å²) >= 11 is 0. The first-order chi connectivity index (χ1) is 7.66. The molecular weight excluding hydrogens is 206 g/mol. The van der Waals surface area contributed by atoms with E-state index in [4.69, 9.17) is 5.11 Å². The van der Waals surface area contributed by atoms with E-state index in [2.05, 4.69) is 5.32 Å². The number of carbonyl (C=O) groups excluding carboxylic acids is 1. The topological polar surface area (TPSA) is 66.4 Å². The largest absolute Gasteiger partial charge is 0.478 e. The molecule has 1 aliphatic rings. The van der Waals surface area contributed by atoms with Gasteiger partial charge >= 0.3 is 5.97 Å². The van der Waals surface area contributed by atoms with Crippen LogP contribution in [-0.4, -0.2) is 23.0 Å². The van der Waals surface area contributed by atoms with Gasteiger partial charge in [-0.15, -0.1) is 0 Å². The van der Waals surface area contributed by atoms with Gasteiger partial charge in [0.2, 0.25) is 0 Å². The van der Waals surface area contributed by atoms with Crippen LogP contribution in [0.3, 0.4) is 0 Å². The molecule has 0 saturated heterocycles. The van der Waals surface area contributed by atoms with Gasteiger partial charge in [0, 0.05) is 11.6 Å². The van der Waals surface area contributed by atoms with Gasteiger partial charge in [0.15, 0.2) is 0 Å². The molecule has 1 amide bonds. The van der Waals surface area contributed by atoms with Gasteiger partial charge < -0.3 is 10.4 Å². The molecule has 2 N–H and O–H groups in total. The minimum atomic E-state index is -1.02. The van der Waals surface area contributed by atoms with Crippen LogP contribution in [0.1, 0.15) is 40.0 Å². The molecule has 0 bridgehead atoms. The van der Waals surface area contributed by atoms with Crippen molar-refractivity contribution in [2.75, 3.05) is 0 Å². The summed E-state index contributed by atoms with van der Waals surface area (Å²) in [6.45, 7) is 0. The second-order valence-electron chi connectivity index (χ2n) is 3.99. The monoisotopic (exact) mass is 219 g/mol. The minimum absolute atomic E-state index is 0.140. The van der Waals surface area contributed by atoms with E-state index in [0.717, 1.165) is 19.3 Å². The maximum absolute atomic E-state index is 11.7. The molecule has 1 saturated carbocycles. The molecule has 16 heavy (non-hydrogen) atoms. The first kappa shape index (κ1) is 10.7. The lowest BCUT2D eigenvalue weighted by atomic mass is 9.93.